The van der Waals surface area contributed by atoms with Gasteiger partial charge in [-0.15, -0.1) is 0 Å². The van der Waals surface area contributed by atoms with E-state index in [4.69, 9.17) is 23.2 Å². The number of aliphatic hydroxyl groups is 1. The highest BCUT2D eigenvalue weighted by Gasteiger charge is 2.29. The second kappa shape index (κ2) is 5.15. The van der Waals surface area contributed by atoms with E-state index in [0.717, 1.165) is 0 Å². The largest absolute Gasteiger partial charge is 0.377 e. The van der Waals surface area contributed by atoms with E-state index in [1.807, 2.05) is 12.1 Å². The summed E-state index contributed by atoms with van der Waals surface area (Å²) in [7, 11) is 0. The predicted octanol–water partition coefficient (Wildman–Crippen LogP) is 4.42. The molecule has 0 heterocycles. The van der Waals surface area contributed by atoms with E-state index >= 15 is 0 Å². The van der Waals surface area contributed by atoms with Crippen LogP contribution in [0.3, 0.4) is 0 Å². The van der Waals surface area contributed by atoms with Gasteiger partial charge in [0.15, 0.2) is 0 Å². The van der Waals surface area contributed by atoms with Crippen molar-refractivity contribution in [3.63, 3.8) is 0 Å². The van der Waals surface area contributed by atoms with Gasteiger partial charge in [-0.05, 0) is 23.8 Å². The van der Waals surface area contributed by atoms with Crippen LogP contribution in [0.25, 0.3) is 0 Å². The number of hydrogen-bond acceptors (Lipinski definition) is 1. The highest BCUT2D eigenvalue weighted by molar-refractivity contribution is 6.31. The topological polar surface area (TPSA) is 20.2 Å². The van der Waals surface area contributed by atoms with E-state index < -0.39 is 5.60 Å². The van der Waals surface area contributed by atoms with E-state index in [9.17, 15) is 5.11 Å². The first kappa shape index (κ1) is 13.2. The summed E-state index contributed by atoms with van der Waals surface area (Å²) in [6.45, 7) is 3.71. The maximum Gasteiger partial charge on any atom is 0.134 e. The van der Waals surface area contributed by atoms with Crippen LogP contribution >= 0.6 is 23.2 Å². The Labute approximate surface area is 116 Å². The van der Waals surface area contributed by atoms with Crippen molar-refractivity contribution in [1.29, 1.82) is 0 Å². The Kier molecular flexibility index (Phi) is 3.76. The molecule has 0 bridgehead atoms. The van der Waals surface area contributed by atoms with Gasteiger partial charge in [0.25, 0.3) is 0 Å². The van der Waals surface area contributed by atoms with Crippen molar-refractivity contribution in [1.82, 2.24) is 0 Å². The van der Waals surface area contributed by atoms with Gasteiger partial charge in [-0.2, -0.15) is 0 Å². The molecule has 3 heteroatoms. The zero-order valence-corrected chi connectivity index (χ0v) is 11.1. The summed E-state index contributed by atoms with van der Waals surface area (Å²) in [5, 5.41) is 11.9. The molecule has 2 aromatic carbocycles. The Balaban J connectivity index is 2.58. The molecule has 1 atom stereocenters. The lowest BCUT2D eigenvalue weighted by atomic mass is 9.86. The number of benzene rings is 2. The molecule has 1 N–H and O–H groups in total. The van der Waals surface area contributed by atoms with Gasteiger partial charge in [-0.25, -0.2) is 0 Å². The second-order valence-electron chi connectivity index (χ2n) is 3.96. The Morgan fingerprint density at radius 1 is 1.00 bits per heavy atom. The Bertz CT molecular complexity index is 563. The number of halogens is 2. The summed E-state index contributed by atoms with van der Waals surface area (Å²) in [6.07, 6.45) is 1.47. The van der Waals surface area contributed by atoms with Gasteiger partial charge >= 0.3 is 0 Å². The van der Waals surface area contributed by atoms with Gasteiger partial charge in [0, 0.05) is 15.6 Å². The van der Waals surface area contributed by atoms with Gasteiger partial charge in [0.2, 0.25) is 0 Å². The fourth-order valence-electron chi connectivity index (χ4n) is 1.86. The lowest BCUT2D eigenvalue weighted by molar-refractivity contribution is 0.135. The molecule has 0 aliphatic heterocycles. The third-order valence-corrected chi connectivity index (χ3v) is 3.45. The minimum atomic E-state index is -1.32. The standard InChI is InChI=1S/C15H12Cl2O/c1-2-15(18,11-7-9-12(16)10-8-11)13-5-3-4-6-14(13)17/h2-10,18H,1H2. The predicted molar refractivity (Wildman–Crippen MR) is 76.1 cm³/mol. The molecule has 1 unspecified atom stereocenters. The fraction of sp³-hybridized carbons (Fsp3) is 0.0667. The van der Waals surface area contributed by atoms with Crippen LogP contribution < -0.4 is 0 Å². The van der Waals surface area contributed by atoms with Crippen LogP contribution in [0.15, 0.2) is 61.2 Å². The van der Waals surface area contributed by atoms with Crippen molar-refractivity contribution >= 4 is 23.2 Å². The Morgan fingerprint density at radius 3 is 2.17 bits per heavy atom. The molecule has 0 saturated heterocycles. The first-order valence-corrected chi connectivity index (χ1v) is 6.20. The summed E-state index contributed by atoms with van der Waals surface area (Å²) in [6, 6.07) is 14.1. The molecule has 2 aromatic rings. The van der Waals surface area contributed by atoms with Crippen molar-refractivity contribution in [2.75, 3.05) is 0 Å². The minimum Gasteiger partial charge on any atom is -0.377 e. The Hall–Kier alpha value is -1.28. The van der Waals surface area contributed by atoms with Crippen LogP contribution in [-0.4, -0.2) is 5.11 Å². The van der Waals surface area contributed by atoms with Crippen LogP contribution in [0, 0.1) is 0 Å². The van der Waals surface area contributed by atoms with Crippen molar-refractivity contribution in [2.45, 2.75) is 5.60 Å². The normalized spacial score (nSPS) is 13.9. The lowest BCUT2D eigenvalue weighted by Gasteiger charge is -2.26. The summed E-state index contributed by atoms with van der Waals surface area (Å²) in [5.74, 6) is 0. The maximum atomic E-state index is 10.8. The molecule has 0 aliphatic rings. The molecular weight excluding hydrogens is 267 g/mol. The maximum absolute atomic E-state index is 10.8. The number of rotatable bonds is 3. The SMILES string of the molecule is C=CC(O)(c1ccc(Cl)cc1)c1ccccc1Cl. The number of hydrogen-bond donors (Lipinski definition) is 1. The highest BCUT2D eigenvalue weighted by Crippen LogP contribution is 2.35. The zero-order valence-electron chi connectivity index (χ0n) is 9.61. The van der Waals surface area contributed by atoms with Crippen LogP contribution in [0.2, 0.25) is 10.0 Å². The smallest absolute Gasteiger partial charge is 0.134 e. The van der Waals surface area contributed by atoms with Crippen LogP contribution in [0.4, 0.5) is 0 Å². The van der Waals surface area contributed by atoms with E-state index in [0.29, 0.717) is 21.2 Å². The molecule has 0 fully saturated rings. The summed E-state index contributed by atoms with van der Waals surface area (Å²) in [5.41, 5.74) is -0.0397. The van der Waals surface area contributed by atoms with Crippen LogP contribution in [0.1, 0.15) is 11.1 Å². The van der Waals surface area contributed by atoms with Gasteiger partial charge in [-0.3, -0.25) is 0 Å². The van der Waals surface area contributed by atoms with Gasteiger partial charge in [0.1, 0.15) is 5.60 Å². The van der Waals surface area contributed by atoms with Crippen LogP contribution in [-0.2, 0) is 5.60 Å². The molecule has 0 radical (unpaired) electrons. The zero-order chi connectivity index (χ0) is 13.2. The van der Waals surface area contributed by atoms with Gasteiger partial charge in [0.05, 0.1) is 0 Å². The van der Waals surface area contributed by atoms with E-state index in [-0.39, 0.29) is 0 Å². The third kappa shape index (κ3) is 2.30. The van der Waals surface area contributed by atoms with Crippen molar-refractivity contribution in [2.24, 2.45) is 0 Å². The summed E-state index contributed by atoms with van der Waals surface area (Å²) < 4.78 is 0. The molecular formula is C15H12Cl2O. The summed E-state index contributed by atoms with van der Waals surface area (Å²) >= 11 is 12.0. The lowest BCUT2D eigenvalue weighted by Crippen LogP contribution is -2.24. The molecule has 0 amide bonds. The molecule has 0 aliphatic carbocycles. The molecule has 92 valence electrons. The highest BCUT2D eigenvalue weighted by atomic mass is 35.5. The van der Waals surface area contributed by atoms with E-state index in [2.05, 4.69) is 6.58 Å². The molecule has 0 aromatic heterocycles. The third-order valence-electron chi connectivity index (χ3n) is 2.86. The van der Waals surface area contributed by atoms with E-state index in [1.54, 1.807) is 36.4 Å². The van der Waals surface area contributed by atoms with Crippen LogP contribution in [0.5, 0.6) is 0 Å². The van der Waals surface area contributed by atoms with Crippen molar-refractivity contribution < 1.29 is 5.11 Å². The molecule has 18 heavy (non-hydrogen) atoms. The Morgan fingerprint density at radius 2 is 1.61 bits per heavy atom. The van der Waals surface area contributed by atoms with Gasteiger partial charge in [-0.1, -0.05) is 66.2 Å². The van der Waals surface area contributed by atoms with Gasteiger partial charge < -0.3 is 5.11 Å². The molecule has 2 rings (SSSR count). The first-order chi connectivity index (χ1) is 8.58. The van der Waals surface area contributed by atoms with Crippen molar-refractivity contribution in [3.8, 4) is 0 Å². The molecule has 0 saturated carbocycles. The monoisotopic (exact) mass is 278 g/mol. The minimum absolute atomic E-state index is 0.495. The molecule has 1 nitrogen and oxygen atoms in total. The average molecular weight is 279 g/mol. The molecule has 0 spiro atoms. The first-order valence-electron chi connectivity index (χ1n) is 5.45. The quantitative estimate of drug-likeness (QED) is 0.825. The fourth-order valence-corrected chi connectivity index (χ4v) is 2.26. The summed E-state index contributed by atoms with van der Waals surface area (Å²) in [4.78, 5) is 0. The van der Waals surface area contributed by atoms with Crippen molar-refractivity contribution in [3.05, 3.63) is 82.4 Å². The second-order valence-corrected chi connectivity index (χ2v) is 4.80. The average Bonchev–Trinajstić information content (AvgIpc) is 2.39. The van der Waals surface area contributed by atoms with E-state index in [1.165, 1.54) is 6.08 Å².